The number of carbonyl (C=O) groups is 1. The summed E-state index contributed by atoms with van der Waals surface area (Å²) in [4.78, 5) is 13.7. The van der Waals surface area contributed by atoms with Gasteiger partial charge in [-0.05, 0) is 59.0 Å². The van der Waals surface area contributed by atoms with Crippen LogP contribution < -0.4 is 10.6 Å². The van der Waals surface area contributed by atoms with Crippen molar-refractivity contribution in [1.29, 1.82) is 0 Å². The second kappa shape index (κ2) is 7.54. The minimum atomic E-state index is -0.00545. The fourth-order valence-electron chi connectivity index (χ4n) is 1.57. The molecule has 1 rings (SSSR count). The summed E-state index contributed by atoms with van der Waals surface area (Å²) in [5.74, 6) is 0.750. The Bertz CT molecular complexity index is 227. The second-order valence-electron chi connectivity index (χ2n) is 5.36. The highest BCUT2D eigenvalue weighted by Crippen LogP contribution is 2.27. The molecule has 1 aliphatic rings. The first-order valence-corrected chi connectivity index (χ1v) is 6.81. The van der Waals surface area contributed by atoms with Gasteiger partial charge in [-0.1, -0.05) is 0 Å². The van der Waals surface area contributed by atoms with Crippen molar-refractivity contribution in [2.45, 2.75) is 45.6 Å². The number of rotatable bonds is 8. The maximum Gasteiger partial charge on any atom is 0.314 e. The summed E-state index contributed by atoms with van der Waals surface area (Å²) in [6.07, 6.45) is 4.75. The summed E-state index contributed by atoms with van der Waals surface area (Å²) in [6, 6.07) is 0.596. The number of nitrogens with zero attached hydrogens (tertiary/aromatic N) is 1. The normalized spacial score (nSPS) is 15.4. The maximum absolute atomic E-state index is 11.3. The third-order valence-corrected chi connectivity index (χ3v) is 3.35. The van der Waals surface area contributed by atoms with E-state index in [0.29, 0.717) is 6.04 Å². The Morgan fingerprint density at radius 3 is 2.59 bits per heavy atom. The van der Waals surface area contributed by atoms with Crippen molar-refractivity contribution >= 4 is 6.03 Å². The van der Waals surface area contributed by atoms with Crippen LogP contribution in [0.25, 0.3) is 0 Å². The molecule has 0 saturated heterocycles. The lowest BCUT2D eigenvalue weighted by Crippen LogP contribution is -2.37. The Kier molecular flexibility index (Phi) is 6.34. The molecule has 17 heavy (non-hydrogen) atoms. The topological polar surface area (TPSA) is 44.4 Å². The first-order chi connectivity index (χ1) is 8.09. The molecule has 0 aromatic heterocycles. The Labute approximate surface area is 105 Å². The van der Waals surface area contributed by atoms with E-state index in [1.54, 1.807) is 0 Å². The van der Waals surface area contributed by atoms with Crippen LogP contribution >= 0.6 is 0 Å². The summed E-state index contributed by atoms with van der Waals surface area (Å²) >= 11 is 0. The van der Waals surface area contributed by atoms with E-state index >= 15 is 0 Å². The molecule has 2 N–H and O–H groups in total. The number of hydrogen-bond donors (Lipinski definition) is 2. The van der Waals surface area contributed by atoms with Gasteiger partial charge in [0.1, 0.15) is 0 Å². The van der Waals surface area contributed by atoms with Crippen LogP contribution in [0, 0.1) is 5.92 Å². The van der Waals surface area contributed by atoms with E-state index in [4.69, 9.17) is 0 Å². The van der Waals surface area contributed by atoms with Crippen LogP contribution in [0.3, 0.4) is 0 Å². The van der Waals surface area contributed by atoms with Gasteiger partial charge in [-0.2, -0.15) is 0 Å². The molecule has 0 aromatic rings. The van der Waals surface area contributed by atoms with Gasteiger partial charge in [0, 0.05) is 19.1 Å². The van der Waals surface area contributed by atoms with Gasteiger partial charge in [0.25, 0.3) is 0 Å². The van der Waals surface area contributed by atoms with Crippen LogP contribution in [0.4, 0.5) is 4.79 Å². The van der Waals surface area contributed by atoms with Gasteiger partial charge in [0.2, 0.25) is 0 Å². The fourth-order valence-corrected chi connectivity index (χ4v) is 1.57. The van der Waals surface area contributed by atoms with Gasteiger partial charge in [0.15, 0.2) is 0 Å². The van der Waals surface area contributed by atoms with Crippen molar-refractivity contribution in [3.05, 3.63) is 0 Å². The zero-order chi connectivity index (χ0) is 12.7. The zero-order valence-electron chi connectivity index (χ0n) is 11.5. The van der Waals surface area contributed by atoms with E-state index in [-0.39, 0.29) is 6.03 Å². The average Bonchev–Trinajstić information content (AvgIpc) is 3.09. The molecule has 0 heterocycles. The van der Waals surface area contributed by atoms with Crippen LogP contribution in [-0.4, -0.2) is 43.7 Å². The summed E-state index contributed by atoms with van der Waals surface area (Å²) < 4.78 is 0. The maximum atomic E-state index is 11.3. The highest BCUT2D eigenvalue weighted by atomic mass is 16.2. The molecule has 0 aliphatic heterocycles. The van der Waals surface area contributed by atoms with Gasteiger partial charge >= 0.3 is 6.03 Å². The number of carbonyl (C=O) groups excluding carboxylic acids is 1. The van der Waals surface area contributed by atoms with Crippen molar-refractivity contribution in [1.82, 2.24) is 15.5 Å². The third-order valence-electron chi connectivity index (χ3n) is 3.35. The first kappa shape index (κ1) is 14.3. The third kappa shape index (κ3) is 7.21. The van der Waals surface area contributed by atoms with Crippen molar-refractivity contribution in [3.8, 4) is 0 Å². The molecular weight excluding hydrogens is 214 g/mol. The highest BCUT2D eigenvalue weighted by molar-refractivity contribution is 5.73. The Balaban J connectivity index is 1.87. The Hall–Kier alpha value is -0.770. The van der Waals surface area contributed by atoms with Crippen molar-refractivity contribution in [2.24, 2.45) is 5.92 Å². The number of urea groups is 1. The molecule has 0 radical (unpaired) electrons. The van der Waals surface area contributed by atoms with E-state index in [1.807, 2.05) is 0 Å². The zero-order valence-corrected chi connectivity index (χ0v) is 11.5. The molecule has 4 nitrogen and oxygen atoms in total. The van der Waals surface area contributed by atoms with Gasteiger partial charge in [-0.25, -0.2) is 4.79 Å². The molecule has 1 aliphatic carbocycles. The Morgan fingerprint density at radius 1 is 1.29 bits per heavy atom. The van der Waals surface area contributed by atoms with Crippen LogP contribution in [0.2, 0.25) is 0 Å². The Morgan fingerprint density at radius 2 is 2.00 bits per heavy atom. The predicted molar refractivity (Wildman–Crippen MR) is 71.1 cm³/mol. The van der Waals surface area contributed by atoms with E-state index in [0.717, 1.165) is 38.4 Å². The molecule has 1 fully saturated rings. The highest BCUT2D eigenvalue weighted by Gasteiger charge is 2.21. The molecule has 0 unspecified atom stereocenters. The molecule has 0 spiro atoms. The second-order valence-corrected chi connectivity index (χ2v) is 5.36. The van der Waals surface area contributed by atoms with Crippen LogP contribution in [0.5, 0.6) is 0 Å². The lowest BCUT2D eigenvalue weighted by molar-refractivity contribution is 0.239. The summed E-state index contributed by atoms with van der Waals surface area (Å²) in [5, 5.41) is 5.80. The van der Waals surface area contributed by atoms with Gasteiger partial charge in [-0.15, -0.1) is 0 Å². The molecule has 0 atom stereocenters. The fraction of sp³-hybridized carbons (Fsp3) is 0.923. The molecular formula is C13H27N3O. The van der Waals surface area contributed by atoms with Crippen LogP contribution in [-0.2, 0) is 0 Å². The largest absolute Gasteiger partial charge is 0.338 e. The molecule has 2 amide bonds. The minimum Gasteiger partial charge on any atom is -0.338 e. The summed E-state index contributed by atoms with van der Waals surface area (Å²) in [5.41, 5.74) is 0. The van der Waals surface area contributed by atoms with Gasteiger partial charge in [-0.3, -0.25) is 0 Å². The van der Waals surface area contributed by atoms with E-state index in [1.165, 1.54) is 12.8 Å². The van der Waals surface area contributed by atoms with Gasteiger partial charge < -0.3 is 15.5 Å². The summed E-state index contributed by atoms with van der Waals surface area (Å²) in [7, 11) is 2.14. The number of hydrogen-bond acceptors (Lipinski definition) is 2. The minimum absolute atomic E-state index is 0.00545. The van der Waals surface area contributed by atoms with Crippen molar-refractivity contribution in [3.63, 3.8) is 0 Å². The molecule has 4 heteroatoms. The predicted octanol–water partition coefficient (Wildman–Crippen LogP) is 1.82. The van der Waals surface area contributed by atoms with Crippen LogP contribution in [0.1, 0.15) is 39.5 Å². The van der Waals surface area contributed by atoms with E-state index in [2.05, 4.69) is 36.4 Å². The molecule has 0 aromatic carbocycles. The molecule has 100 valence electrons. The quantitative estimate of drug-likeness (QED) is 0.637. The first-order valence-electron chi connectivity index (χ1n) is 6.81. The van der Waals surface area contributed by atoms with Crippen molar-refractivity contribution in [2.75, 3.05) is 26.7 Å². The SMILES string of the molecule is CC(C)N(C)CCCCNC(=O)NCC1CC1. The van der Waals surface area contributed by atoms with Gasteiger partial charge in [0.05, 0.1) is 0 Å². The molecule has 1 saturated carbocycles. The lowest BCUT2D eigenvalue weighted by atomic mass is 10.2. The average molecular weight is 241 g/mol. The smallest absolute Gasteiger partial charge is 0.314 e. The summed E-state index contributed by atoms with van der Waals surface area (Å²) in [6.45, 7) is 7.13. The number of nitrogens with one attached hydrogen (secondary N) is 2. The van der Waals surface area contributed by atoms with E-state index < -0.39 is 0 Å². The lowest BCUT2D eigenvalue weighted by Gasteiger charge is -2.20. The number of amides is 2. The van der Waals surface area contributed by atoms with Crippen LogP contribution in [0.15, 0.2) is 0 Å². The monoisotopic (exact) mass is 241 g/mol. The van der Waals surface area contributed by atoms with Crippen molar-refractivity contribution < 1.29 is 4.79 Å². The number of unbranched alkanes of at least 4 members (excludes halogenated alkanes) is 1. The standard InChI is InChI=1S/C13H27N3O/c1-11(2)16(3)9-5-4-8-14-13(17)15-10-12-6-7-12/h11-12H,4-10H2,1-3H3,(H2,14,15,17). The van der Waals surface area contributed by atoms with E-state index in [9.17, 15) is 4.79 Å². The molecule has 0 bridgehead atoms.